The van der Waals surface area contributed by atoms with E-state index in [1.165, 1.54) is 10.5 Å². The molecule has 0 saturated carbocycles. The first-order valence-corrected chi connectivity index (χ1v) is 11.3. The molecule has 0 fully saturated rings. The fourth-order valence-electron chi connectivity index (χ4n) is 3.48. The van der Waals surface area contributed by atoms with Crippen molar-refractivity contribution in [1.82, 2.24) is 5.32 Å². The summed E-state index contributed by atoms with van der Waals surface area (Å²) < 4.78 is 16.1. The van der Waals surface area contributed by atoms with E-state index in [9.17, 15) is 14.4 Å². The van der Waals surface area contributed by atoms with Crippen LogP contribution in [0.5, 0.6) is 11.5 Å². The first-order valence-electron chi connectivity index (χ1n) is 11.3. The summed E-state index contributed by atoms with van der Waals surface area (Å²) in [6.07, 6.45) is 0.674. The molecule has 0 bridgehead atoms. The van der Waals surface area contributed by atoms with Crippen LogP contribution in [0.1, 0.15) is 43.1 Å². The van der Waals surface area contributed by atoms with Crippen molar-refractivity contribution in [3.63, 3.8) is 0 Å². The maximum atomic E-state index is 12.8. The second-order valence-electron chi connectivity index (χ2n) is 9.13. The normalized spacial score (nSPS) is 13.2. The van der Waals surface area contributed by atoms with Crippen molar-refractivity contribution >= 4 is 23.3 Å². The van der Waals surface area contributed by atoms with Crippen LogP contribution >= 0.6 is 0 Å². The van der Waals surface area contributed by atoms with Crippen LogP contribution in [-0.4, -0.2) is 57.6 Å². The average molecular weight is 469 g/mol. The van der Waals surface area contributed by atoms with Crippen molar-refractivity contribution in [2.24, 2.45) is 0 Å². The van der Waals surface area contributed by atoms with Gasteiger partial charge < -0.3 is 19.5 Å². The first kappa shape index (κ1) is 25.2. The molecule has 0 unspecified atom stereocenters. The van der Waals surface area contributed by atoms with Crippen LogP contribution in [0.2, 0.25) is 0 Å². The fraction of sp³-hybridized carbons (Fsp3) is 0.423. The van der Waals surface area contributed by atoms with E-state index in [0.717, 1.165) is 0 Å². The minimum Gasteiger partial charge on any atom is -0.485 e. The van der Waals surface area contributed by atoms with E-state index in [-0.39, 0.29) is 42.8 Å². The Morgan fingerprint density at radius 3 is 2.53 bits per heavy atom. The number of nitrogens with one attached hydrogen (secondary N) is 1. The van der Waals surface area contributed by atoms with Crippen LogP contribution in [0.3, 0.4) is 0 Å². The Bertz CT molecular complexity index is 1030. The molecule has 0 radical (unpaired) electrons. The highest BCUT2D eigenvalue weighted by molar-refractivity contribution is 6.04. The molecule has 0 saturated heterocycles. The summed E-state index contributed by atoms with van der Waals surface area (Å²) >= 11 is 0. The van der Waals surface area contributed by atoms with Gasteiger partial charge >= 0.3 is 0 Å². The van der Waals surface area contributed by atoms with Gasteiger partial charge in [-0.05, 0) is 47.7 Å². The highest BCUT2D eigenvalue weighted by Crippen LogP contribution is 2.33. The maximum absolute atomic E-state index is 12.8. The van der Waals surface area contributed by atoms with Crippen molar-refractivity contribution in [2.75, 3.05) is 44.9 Å². The number of benzene rings is 2. The summed E-state index contributed by atoms with van der Waals surface area (Å²) in [7, 11) is 1.59. The van der Waals surface area contributed by atoms with E-state index in [1.807, 2.05) is 24.3 Å². The van der Waals surface area contributed by atoms with Gasteiger partial charge in [-0.1, -0.05) is 32.9 Å². The Labute approximate surface area is 200 Å². The molecule has 3 rings (SSSR count). The number of methoxy groups -OCH3 is 1. The highest BCUT2D eigenvalue weighted by atomic mass is 16.5. The van der Waals surface area contributed by atoms with E-state index in [4.69, 9.17) is 14.2 Å². The number of hydrogen-bond donors (Lipinski definition) is 1. The molecule has 0 atom stereocenters. The molecule has 0 spiro atoms. The number of ketones is 1. The van der Waals surface area contributed by atoms with Gasteiger partial charge in [-0.2, -0.15) is 0 Å². The van der Waals surface area contributed by atoms with E-state index >= 15 is 0 Å². The van der Waals surface area contributed by atoms with E-state index in [2.05, 4.69) is 26.1 Å². The van der Waals surface area contributed by atoms with Gasteiger partial charge in [0.2, 0.25) is 5.91 Å². The molecule has 2 aromatic carbocycles. The second kappa shape index (κ2) is 11.2. The van der Waals surface area contributed by atoms with Crippen molar-refractivity contribution in [3.05, 3.63) is 53.6 Å². The SMILES string of the molecule is COCCCNC(=O)CN1C(=O)COc2ccc(C(=O)COc3ccc(C(C)(C)C)cc3)cc21. The number of amides is 2. The monoisotopic (exact) mass is 468 g/mol. The molecule has 1 N–H and O–H groups in total. The van der Waals surface area contributed by atoms with E-state index < -0.39 is 0 Å². The van der Waals surface area contributed by atoms with E-state index in [1.54, 1.807) is 25.3 Å². The quantitative estimate of drug-likeness (QED) is 0.425. The number of fused-ring (bicyclic) bond motifs is 1. The summed E-state index contributed by atoms with van der Waals surface area (Å²) in [6.45, 7) is 6.91. The molecule has 1 aliphatic heterocycles. The molecular weight excluding hydrogens is 436 g/mol. The third-order valence-electron chi connectivity index (χ3n) is 5.46. The van der Waals surface area contributed by atoms with Crippen molar-refractivity contribution < 1.29 is 28.6 Å². The molecule has 2 amide bonds. The van der Waals surface area contributed by atoms with Gasteiger partial charge in [0.1, 0.15) is 18.0 Å². The zero-order valence-electron chi connectivity index (χ0n) is 20.2. The lowest BCUT2D eigenvalue weighted by Crippen LogP contribution is -2.45. The summed E-state index contributed by atoms with van der Waals surface area (Å²) in [6, 6.07) is 12.5. The Morgan fingerprint density at radius 1 is 1.12 bits per heavy atom. The smallest absolute Gasteiger partial charge is 0.265 e. The molecular formula is C26H32N2O6. The average Bonchev–Trinajstić information content (AvgIpc) is 2.81. The van der Waals surface area contributed by atoms with Crippen molar-refractivity contribution in [3.8, 4) is 11.5 Å². The second-order valence-corrected chi connectivity index (χ2v) is 9.13. The molecule has 34 heavy (non-hydrogen) atoms. The lowest BCUT2D eigenvalue weighted by Gasteiger charge is -2.29. The highest BCUT2D eigenvalue weighted by Gasteiger charge is 2.28. The minimum absolute atomic E-state index is 0.0314. The van der Waals surface area contributed by atoms with Crippen LogP contribution in [-0.2, 0) is 19.7 Å². The van der Waals surface area contributed by atoms with E-state index in [0.29, 0.717) is 42.3 Å². The molecule has 2 aromatic rings. The number of hydrogen-bond acceptors (Lipinski definition) is 6. The number of anilines is 1. The van der Waals surface area contributed by atoms with Crippen LogP contribution in [0, 0.1) is 0 Å². The van der Waals surface area contributed by atoms with Gasteiger partial charge in [0.05, 0.1) is 5.69 Å². The lowest BCUT2D eigenvalue weighted by atomic mass is 9.87. The van der Waals surface area contributed by atoms with Crippen LogP contribution in [0.15, 0.2) is 42.5 Å². The third kappa shape index (κ3) is 6.57. The Morgan fingerprint density at radius 2 is 1.85 bits per heavy atom. The zero-order valence-corrected chi connectivity index (χ0v) is 20.2. The standard InChI is InChI=1S/C26H32N2O6/c1-26(2,3)19-7-9-20(10-8-19)33-16-22(29)18-6-11-23-21(14-18)28(25(31)17-34-23)15-24(30)27-12-5-13-32-4/h6-11,14H,5,12-13,15-17H2,1-4H3,(H,27,30). The summed E-state index contributed by atoms with van der Waals surface area (Å²) in [5.41, 5.74) is 1.97. The number of ether oxygens (including phenoxy) is 3. The molecule has 8 heteroatoms. The van der Waals surface area contributed by atoms with Crippen LogP contribution in [0.4, 0.5) is 5.69 Å². The van der Waals surface area contributed by atoms with Crippen molar-refractivity contribution in [1.29, 1.82) is 0 Å². The first-order chi connectivity index (χ1) is 16.2. The Hall–Kier alpha value is -3.39. The summed E-state index contributed by atoms with van der Waals surface area (Å²) in [5, 5.41) is 2.76. The van der Waals surface area contributed by atoms with Gasteiger partial charge in [0.25, 0.3) is 5.91 Å². The zero-order chi connectivity index (χ0) is 24.7. The van der Waals surface area contributed by atoms with Crippen LogP contribution in [0.25, 0.3) is 0 Å². The fourth-order valence-corrected chi connectivity index (χ4v) is 3.48. The molecule has 1 aliphatic rings. The molecule has 1 heterocycles. The number of rotatable bonds is 10. The molecule has 8 nitrogen and oxygen atoms in total. The van der Waals surface area contributed by atoms with Gasteiger partial charge in [0, 0.05) is 25.8 Å². The Balaban J connectivity index is 1.66. The third-order valence-corrected chi connectivity index (χ3v) is 5.46. The molecule has 182 valence electrons. The van der Waals surface area contributed by atoms with Gasteiger partial charge in [0.15, 0.2) is 19.0 Å². The Kier molecular flexibility index (Phi) is 8.28. The predicted molar refractivity (Wildman–Crippen MR) is 129 cm³/mol. The topological polar surface area (TPSA) is 94.2 Å². The number of carbonyl (C=O) groups excluding carboxylic acids is 3. The van der Waals surface area contributed by atoms with Gasteiger partial charge in [-0.15, -0.1) is 0 Å². The molecule has 0 aromatic heterocycles. The van der Waals surface area contributed by atoms with Crippen LogP contribution < -0.4 is 19.7 Å². The van der Waals surface area contributed by atoms with Gasteiger partial charge in [-0.25, -0.2) is 0 Å². The number of carbonyl (C=O) groups is 3. The minimum atomic E-state index is -0.348. The van der Waals surface area contributed by atoms with Crippen molar-refractivity contribution in [2.45, 2.75) is 32.6 Å². The maximum Gasteiger partial charge on any atom is 0.265 e. The number of Topliss-reactive ketones (excluding diaryl/α,β-unsaturated/α-hetero) is 1. The largest absolute Gasteiger partial charge is 0.485 e. The van der Waals surface area contributed by atoms with Gasteiger partial charge in [-0.3, -0.25) is 19.3 Å². The summed E-state index contributed by atoms with van der Waals surface area (Å²) in [5.74, 6) is 0.159. The predicted octanol–water partition coefficient (Wildman–Crippen LogP) is 3.12. The number of nitrogens with zero attached hydrogens (tertiary/aromatic N) is 1. The lowest BCUT2D eigenvalue weighted by molar-refractivity contribution is -0.125. The molecule has 0 aliphatic carbocycles. The summed E-state index contributed by atoms with van der Waals surface area (Å²) in [4.78, 5) is 38.9.